The Hall–Kier alpha value is -4.52. The zero-order valence-corrected chi connectivity index (χ0v) is 18.0. The van der Waals surface area contributed by atoms with E-state index in [1.165, 1.54) is 19.2 Å². The molecular formula is C26H24N2O5. The normalized spacial score (nSPS) is 10.1. The van der Waals surface area contributed by atoms with E-state index in [0.29, 0.717) is 16.3 Å². The number of phenolic OH excluding ortho intramolecular Hbond substituents is 1. The predicted octanol–water partition coefficient (Wildman–Crippen LogP) is 4.54. The zero-order chi connectivity index (χ0) is 23.8. The van der Waals surface area contributed by atoms with Crippen molar-refractivity contribution in [3.05, 3.63) is 102 Å². The summed E-state index contributed by atoms with van der Waals surface area (Å²) in [5.74, 6) is -1.27. The molecule has 0 atom stereocenters. The molecule has 33 heavy (non-hydrogen) atoms. The van der Waals surface area contributed by atoms with Crippen molar-refractivity contribution in [1.82, 2.24) is 0 Å². The van der Waals surface area contributed by atoms with Crippen LogP contribution in [0.25, 0.3) is 10.8 Å². The highest BCUT2D eigenvalue weighted by molar-refractivity contribution is 6.01. The van der Waals surface area contributed by atoms with Crippen LogP contribution in [0.3, 0.4) is 0 Å². The number of phenols is 1. The number of rotatable bonds is 4. The maximum absolute atomic E-state index is 12.2. The van der Waals surface area contributed by atoms with Crippen LogP contribution in [0.15, 0.2) is 84.9 Å². The standard InChI is InChI=1S/C20H16O5.C6H8N2/c1-24-20(23)17-10-16-9-15(8-7-14(16)11-18(17)21)19(22)25-12-13-5-3-2-4-6-13;7-5-1-2-6(8)4-3-5/h2-11,21H,12H2,1H3;1-4H,7-8H2. The van der Waals surface area contributed by atoms with Crippen LogP contribution in [0.4, 0.5) is 11.4 Å². The molecule has 0 amide bonds. The molecule has 5 N–H and O–H groups in total. The lowest BCUT2D eigenvalue weighted by molar-refractivity contribution is 0.0472. The molecular weight excluding hydrogens is 420 g/mol. The Kier molecular flexibility index (Phi) is 7.49. The molecule has 0 fully saturated rings. The lowest BCUT2D eigenvalue weighted by Gasteiger charge is -2.08. The summed E-state index contributed by atoms with van der Waals surface area (Å²) in [6.07, 6.45) is 0. The average Bonchev–Trinajstić information content (AvgIpc) is 2.84. The largest absolute Gasteiger partial charge is 0.507 e. The van der Waals surface area contributed by atoms with Crippen molar-refractivity contribution in [2.24, 2.45) is 0 Å². The van der Waals surface area contributed by atoms with E-state index in [-0.39, 0.29) is 17.9 Å². The Bertz CT molecular complexity index is 1230. The van der Waals surface area contributed by atoms with E-state index in [2.05, 4.69) is 4.74 Å². The second-order valence-corrected chi connectivity index (χ2v) is 7.15. The number of carbonyl (C=O) groups excluding carboxylic acids is 2. The third-order valence-electron chi connectivity index (χ3n) is 4.75. The van der Waals surface area contributed by atoms with Gasteiger partial charge in [0, 0.05) is 11.4 Å². The highest BCUT2D eigenvalue weighted by atomic mass is 16.5. The van der Waals surface area contributed by atoms with Gasteiger partial charge in [0.15, 0.2) is 0 Å². The number of benzene rings is 4. The van der Waals surface area contributed by atoms with Crippen LogP contribution in [0, 0.1) is 0 Å². The van der Waals surface area contributed by atoms with Crippen LogP contribution in [0.1, 0.15) is 26.3 Å². The molecule has 4 rings (SSSR count). The summed E-state index contributed by atoms with van der Waals surface area (Å²) in [5, 5.41) is 11.2. The first-order valence-electron chi connectivity index (χ1n) is 10.0. The summed E-state index contributed by atoms with van der Waals surface area (Å²) in [6.45, 7) is 0.181. The molecule has 0 saturated carbocycles. The van der Waals surface area contributed by atoms with E-state index in [1.54, 1.807) is 42.5 Å². The van der Waals surface area contributed by atoms with Gasteiger partial charge in [-0.05, 0) is 64.9 Å². The van der Waals surface area contributed by atoms with E-state index in [4.69, 9.17) is 16.2 Å². The van der Waals surface area contributed by atoms with E-state index < -0.39 is 11.9 Å². The highest BCUT2D eigenvalue weighted by Crippen LogP contribution is 2.26. The summed E-state index contributed by atoms with van der Waals surface area (Å²) in [5.41, 5.74) is 13.6. The van der Waals surface area contributed by atoms with Gasteiger partial charge < -0.3 is 26.0 Å². The van der Waals surface area contributed by atoms with E-state index in [1.807, 2.05) is 30.3 Å². The van der Waals surface area contributed by atoms with Crippen LogP contribution in [-0.2, 0) is 16.1 Å². The summed E-state index contributed by atoms with van der Waals surface area (Å²) >= 11 is 0. The van der Waals surface area contributed by atoms with Crippen LogP contribution in [0.2, 0.25) is 0 Å². The first kappa shape index (κ1) is 23.1. The first-order valence-corrected chi connectivity index (χ1v) is 10.0. The Morgan fingerprint density at radius 1 is 0.788 bits per heavy atom. The van der Waals surface area contributed by atoms with Crippen LogP contribution < -0.4 is 11.5 Å². The smallest absolute Gasteiger partial charge is 0.341 e. The van der Waals surface area contributed by atoms with Crippen molar-refractivity contribution in [2.45, 2.75) is 6.61 Å². The van der Waals surface area contributed by atoms with Crippen LogP contribution >= 0.6 is 0 Å². The molecule has 0 radical (unpaired) electrons. The SMILES string of the molecule is COC(=O)c1cc2cc(C(=O)OCc3ccccc3)ccc2cc1O.Nc1ccc(N)cc1. The second kappa shape index (κ2) is 10.7. The molecule has 0 bridgehead atoms. The van der Waals surface area contributed by atoms with Gasteiger partial charge in [0.1, 0.15) is 17.9 Å². The molecule has 4 aromatic carbocycles. The number of hydrogen-bond acceptors (Lipinski definition) is 7. The number of methoxy groups -OCH3 is 1. The zero-order valence-electron chi connectivity index (χ0n) is 18.0. The average molecular weight is 444 g/mol. The fourth-order valence-corrected chi connectivity index (χ4v) is 2.99. The van der Waals surface area contributed by atoms with Gasteiger partial charge in [0.05, 0.1) is 12.7 Å². The summed E-state index contributed by atoms with van der Waals surface area (Å²) in [6, 6.07) is 24.4. The Morgan fingerprint density at radius 2 is 1.42 bits per heavy atom. The lowest BCUT2D eigenvalue weighted by Crippen LogP contribution is -2.05. The molecule has 0 aliphatic carbocycles. The quantitative estimate of drug-likeness (QED) is 0.312. The van der Waals surface area contributed by atoms with Crippen molar-refractivity contribution in [1.29, 1.82) is 0 Å². The minimum atomic E-state index is -0.642. The topological polar surface area (TPSA) is 125 Å². The molecule has 0 aliphatic heterocycles. The van der Waals surface area contributed by atoms with Gasteiger partial charge in [-0.2, -0.15) is 0 Å². The highest BCUT2D eigenvalue weighted by Gasteiger charge is 2.14. The van der Waals surface area contributed by atoms with Gasteiger partial charge in [-0.1, -0.05) is 36.4 Å². The van der Waals surface area contributed by atoms with Crippen LogP contribution in [-0.4, -0.2) is 24.2 Å². The molecule has 0 heterocycles. The maximum Gasteiger partial charge on any atom is 0.341 e. The number of ether oxygens (including phenoxy) is 2. The number of carbonyl (C=O) groups is 2. The molecule has 0 saturated heterocycles. The molecule has 0 spiro atoms. The fraction of sp³-hybridized carbons (Fsp3) is 0.0769. The van der Waals surface area contributed by atoms with Gasteiger partial charge >= 0.3 is 11.9 Å². The molecule has 0 aliphatic rings. The summed E-state index contributed by atoms with van der Waals surface area (Å²) in [7, 11) is 1.24. The van der Waals surface area contributed by atoms with Crippen molar-refractivity contribution in [3.63, 3.8) is 0 Å². The summed E-state index contributed by atoms with van der Waals surface area (Å²) in [4.78, 5) is 23.9. The van der Waals surface area contributed by atoms with Crippen molar-refractivity contribution in [3.8, 4) is 5.75 Å². The first-order chi connectivity index (χ1) is 15.9. The van der Waals surface area contributed by atoms with Gasteiger partial charge in [-0.15, -0.1) is 0 Å². The molecule has 7 heteroatoms. The lowest BCUT2D eigenvalue weighted by atomic mass is 10.0. The van der Waals surface area contributed by atoms with Gasteiger partial charge in [-0.3, -0.25) is 0 Å². The Labute approximate surface area is 191 Å². The number of hydrogen-bond donors (Lipinski definition) is 3. The minimum Gasteiger partial charge on any atom is -0.507 e. The molecule has 7 nitrogen and oxygen atoms in total. The van der Waals surface area contributed by atoms with Gasteiger partial charge in [0.2, 0.25) is 0 Å². The molecule has 0 unspecified atom stereocenters. The number of esters is 2. The summed E-state index contributed by atoms with van der Waals surface area (Å²) < 4.78 is 9.95. The fourth-order valence-electron chi connectivity index (χ4n) is 2.99. The van der Waals surface area contributed by atoms with E-state index in [9.17, 15) is 14.7 Å². The number of aromatic hydroxyl groups is 1. The number of nitrogens with two attached hydrogens (primary N) is 2. The number of nitrogen functional groups attached to an aromatic ring is 2. The monoisotopic (exact) mass is 444 g/mol. The van der Waals surface area contributed by atoms with Crippen molar-refractivity contribution in [2.75, 3.05) is 18.6 Å². The van der Waals surface area contributed by atoms with Crippen molar-refractivity contribution < 1.29 is 24.2 Å². The van der Waals surface area contributed by atoms with E-state index in [0.717, 1.165) is 16.9 Å². The Balaban J connectivity index is 0.000000323. The third kappa shape index (κ3) is 6.24. The van der Waals surface area contributed by atoms with E-state index >= 15 is 0 Å². The second-order valence-electron chi connectivity index (χ2n) is 7.15. The molecule has 4 aromatic rings. The number of anilines is 2. The van der Waals surface area contributed by atoms with Crippen molar-refractivity contribution >= 4 is 34.1 Å². The number of fused-ring (bicyclic) bond motifs is 1. The molecule has 0 aromatic heterocycles. The van der Waals surface area contributed by atoms with Gasteiger partial charge in [0.25, 0.3) is 0 Å². The minimum absolute atomic E-state index is 0.0461. The third-order valence-corrected chi connectivity index (χ3v) is 4.75. The van der Waals surface area contributed by atoms with Crippen LogP contribution in [0.5, 0.6) is 5.75 Å². The predicted molar refractivity (Wildman–Crippen MR) is 128 cm³/mol. The maximum atomic E-state index is 12.2. The molecule has 168 valence electrons. The Morgan fingerprint density at radius 3 is 2.03 bits per heavy atom. The van der Waals surface area contributed by atoms with Gasteiger partial charge in [-0.25, -0.2) is 9.59 Å².